The van der Waals surface area contributed by atoms with Crippen molar-refractivity contribution in [3.63, 3.8) is 0 Å². The molecule has 0 aliphatic carbocycles. The molecule has 1 aromatic carbocycles. The Bertz CT molecular complexity index is 975. The summed E-state index contributed by atoms with van der Waals surface area (Å²) in [4.78, 5) is 15.3. The van der Waals surface area contributed by atoms with E-state index in [4.69, 9.17) is 5.73 Å². The molecule has 5 nitrogen and oxygen atoms in total. The van der Waals surface area contributed by atoms with Gasteiger partial charge in [0.15, 0.2) is 5.82 Å². The standard InChI is InChI=1S/C19H20FN5S/c1-22-9-13-5-12(7-16(20)17(13)21)18-24-10-14-6-15(26-19(14)25-18)4-11-2-3-23-8-11/h5-7,9-11,23H,2-4,8,21H2,1H3. The first kappa shape index (κ1) is 17.1. The minimum Gasteiger partial charge on any atom is -0.396 e. The molecule has 134 valence electrons. The Morgan fingerprint density at radius 3 is 3.08 bits per heavy atom. The average Bonchev–Trinajstić information content (AvgIpc) is 3.27. The van der Waals surface area contributed by atoms with Gasteiger partial charge in [-0.3, -0.25) is 4.99 Å². The Morgan fingerprint density at radius 1 is 1.42 bits per heavy atom. The number of hydrogen-bond donors (Lipinski definition) is 2. The third-order valence-corrected chi connectivity index (χ3v) is 5.73. The van der Waals surface area contributed by atoms with Crippen LogP contribution in [0.5, 0.6) is 0 Å². The van der Waals surface area contributed by atoms with Crippen molar-refractivity contribution in [1.82, 2.24) is 15.3 Å². The lowest BCUT2D eigenvalue weighted by atomic mass is 10.0. The number of thiophene rings is 1. The zero-order valence-corrected chi connectivity index (χ0v) is 15.3. The monoisotopic (exact) mass is 369 g/mol. The molecule has 0 amide bonds. The van der Waals surface area contributed by atoms with Crippen molar-refractivity contribution in [1.29, 1.82) is 0 Å². The number of benzene rings is 1. The summed E-state index contributed by atoms with van der Waals surface area (Å²) in [6.45, 7) is 2.18. The van der Waals surface area contributed by atoms with Crippen LogP contribution in [0.15, 0.2) is 29.4 Å². The third kappa shape index (κ3) is 3.32. The summed E-state index contributed by atoms with van der Waals surface area (Å²) in [5.41, 5.74) is 7.00. The van der Waals surface area contributed by atoms with Gasteiger partial charge in [0, 0.05) is 40.8 Å². The normalized spacial score (nSPS) is 17.5. The predicted molar refractivity (Wildman–Crippen MR) is 105 cm³/mol. The topological polar surface area (TPSA) is 76.2 Å². The molecule has 0 bridgehead atoms. The summed E-state index contributed by atoms with van der Waals surface area (Å²) in [5, 5.41) is 4.44. The van der Waals surface area contributed by atoms with Crippen molar-refractivity contribution < 1.29 is 4.39 Å². The largest absolute Gasteiger partial charge is 0.396 e. The van der Waals surface area contributed by atoms with E-state index in [1.165, 1.54) is 17.4 Å². The van der Waals surface area contributed by atoms with Gasteiger partial charge >= 0.3 is 0 Å². The highest BCUT2D eigenvalue weighted by Gasteiger charge is 2.17. The van der Waals surface area contributed by atoms with Crippen LogP contribution in [-0.2, 0) is 6.42 Å². The number of aromatic nitrogens is 2. The third-order valence-electron chi connectivity index (χ3n) is 4.66. The number of nitrogens with zero attached hydrogens (tertiary/aromatic N) is 3. The van der Waals surface area contributed by atoms with Gasteiger partial charge in [-0.2, -0.15) is 0 Å². The highest BCUT2D eigenvalue weighted by molar-refractivity contribution is 7.18. The van der Waals surface area contributed by atoms with Gasteiger partial charge in [0.2, 0.25) is 0 Å². The molecule has 4 rings (SSSR count). The van der Waals surface area contributed by atoms with E-state index < -0.39 is 5.82 Å². The number of rotatable bonds is 4. The number of nitrogen functional groups attached to an aromatic ring is 1. The minimum absolute atomic E-state index is 0.0870. The first-order valence-electron chi connectivity index (χ1n) is 8.62. The molecule has 3 heterocycles. The molecule has 1 fully saturated rings. The molecule has 1 saturated heterocycles. The number of halogens is 1. The van der Waals surface area contributed by atoms with Gasteiger partial charge in [-0.1, -0.05) is 0 Å². The highest BCUT2D eigenvalue weighted by Crippen LogP contribution is 2.30. The molecule has 0 saturated carbocycles. The highest BCUT2D eigenvalue weighted by atomic mass is 32.1. The fourth-order valence-corrected chi connectivity index (χ4v) is 4.43. The molecule has 1 atom stereocenters. The van der Waals surface area contributed by atoms with E-state index in [9.17, 15) is 4.39 Å². The lowest BCUT2D eigenvalue weighted by Crippen LogP contribution is -2.10. The van der Waals surface area contributed by atoms with Gasteiger partial charge in [0.05, 0.1) is 5.69 Å². The minimum atomic E-state index is -0.485. The van der Waals surface area contributed by atoms with Crippen LogP contribution < -0.4 is 11.1 Å². The SMILES string of the molecule is CN=Cc1cc(-c2ncc3cc(CC4CCNC4)sc3n2)cc(F)c1N. The van der Waals surface area contributed by atoms with Gasteiger partial charge in [-0.15, -0.1) is 11.3 Å². The summed E-state index contributed by atoms with van der Waals surface area (Å²) in [5.74, 6) is 0.706. The van der Waals surface area contributed by atoms with E-state index in [1.807, 2.05) is 6.20 Å². The molecule has 3 aromatic rings. The van der Waals surface area contributed by atoms with Gasteiger partial charge < -0.3 is 11.1 Å². The van der Waals surface area contributed by atoms with Crippen molar-refractivity contribution in [3.8, 4) is 11.4 Å². The first-order valence-corrected chi connectivity index (χ1v) is 9.43. The second kappa shape index (κ2) is 7.09. The Kier molecular flexibility index (Phi) is 4.65. The number of anilines is 1. The van der Waals surface area contributed by atoms with Crippen LogP contribution in [0.2, 0.25) is 0 Å². The van der Waals surface area contributed by atoms with Crippen molar-refractivity contribution in [3.05, 3.63) is 40.7 Å². The van der Waals surface area contributed by atoms with E-state index in [0.29, 0.717) is 22.9 Å². The predicted octanol–water partition coefficient (Wildman–Crippen LogP) is 3.28. The molecule has 2 aromatic heterocycles. The molecule has 1 aliphatic rings. The van der Waals surface area contributed by atoms with E-state index >= 15 is 0 Å². The zero-order valence-electron chi connectivity index (χ0n) is 14.5. The van der Waals surface area contributed by atoms with Crippen LogP contribution in [0.1, 0.15) is 16.9 Å². The number of aliphatic imine (C=N–C) groups is 1. The summed E-state index contributed by atoms with van der Waals surface area (Å²) < 4.78 is 14.1. The van der Waals surface area contributed by atoms with Gasteiger partial charge in [0.1, 0.15) is 10.6 Å². The Hall–Kier alpha value is -2.38. The second-order valence-electron chi connectivity index (χ2n) is 6.58. The molecule has 0 radical (unpaired) electrons. The van der Waals surface area contributed by atoms with E-state index in [-0.39, 0.29) is 5.69 Å². The van der Waals surface area contributed by atoms with Crippen LogP contribution in [0, 0.1) is 11.7 Å². The summed E-state index contributed by atoms with van der Waals surface area (Å²) >= 11 is 1.69. The smallest absolute Gasteiger partial charge is 0.160 e. The molecular weight excluding hydrogens is 349 g/mol. The van der Waals surface area contributed by atoms with Crippen molar-refractivity contribution >= 4 is 33.5 Å². The van der Waals surface area contributed by atoms with Crippen LogP contribution in [0.25, 0.3) is 21.6 Å². The lowest BCUT2D eigenvalue weighted by Gasteiger charge is -2.06. The van der Waals surface area contributed by atoms with Crippen LogP contribution >= 0.6 is 11.3 Å². The quantitative estimate of drug-likeness (QED) is 0.547. The number of nitrogens with two attached hydrogens (primary N) is 1. The Morgan fingerprint density at radius 2 is 2.31 bits per heavy atom. The molecular formula is C19H20FN5S. The average molecular weight is 369 g/mol. The van der Waals surface area contributed by atoms with Crippen molar-refractivity contribution in [2.45, 2.75) is 12.8 Å². The van der Waals surface area contributed by atoms with E-state index in [0.717, 1.165) is 29.7 Å². The molecule has 3 N–H and O–H groups in total. The lowest BCUT2D eigenvalue weighted by molar-refractivity contribution is 0.585. The summed E-state index contributed by atoms with van der Waals surface area (Å²) in [6, 6.07) is 5.31. The zero-order chi connectivity index (χ0) is 18.1. The van der Waals surface area contributed by atoms with E-state index in [1.54, 1.807) is 30.7 Å². The maximum absolute atomic E-state index is 14.1. The number of nitrogens with one attached hydrogen (secondary N) is 1. The second-order valence-corrected chi connectivity index (χ2v) is 7.69. The van der Waals surface area contributed by atoms with E-state index in [2.05, 4.69) is 26.3 Å². The first-order chi connectivity index (χ1) is 12.6. The van der Waals surface area contributed by atoms with Crippen LogP contribution in [0.3, 0.4) is 0 Å². The molecule has 0 spiro atoms. The fraction of sp³-hybridized carbons (Fsp3) is 0.316. The summed E-state index contributed by atoms with van der Waals surface area (Å²) in [7, 11) is 1.62. The molecule has 1 unspecified atom stereocenters. The molecule has 26 heavy (non-hydrogen) atoms. The maximum Gasteiger partial charge on any atom is 0.160 e. The molecule has 1 aliphatic heterocycles. The van der Waals surface area contributed by atoms with Gasteiger partial charge in [-0.25, -0.2) is 14.4 Å². The fourth-order valence-electron chi connectivity index (χ4n) is 3.31. The van der Waals surface area contributed by atoms with Crippen molar-refractivity contribution in [2.24, 2.45) is 10.9 Å². The van der Waals surface area contributed by atoms with Gasteiger partial charge in [0.25, 0.3) is 0 Å². The van der Waals surface area contributed by atoms with Crippen LogP contribution in [0.4, 0.5) is 10.1 Å². The Labute approximate surface area is 155 Å². The van der Waals surface area contributed by atoms with Crippen molar-refractivity contribution in [2.75, 3.05) is 25.9 Å². The van der Waals surface area contributed by atoms with Crippen LogP contribution in [-0.4, -0.2) is 36.3 Å². The van der Waals surface area contributed by atoms with Gasteiger partial charge in [-0.05, 0) is 50.0 Å². The summed E-state index contributed by atoms with van der Waals surface area (Å²) in [6.07, 6.45) is 5.64. The Balaban J connectivity index is 1.68. The maximum atomic E-state index is 14.1. The number of fused-ring (bicyclic) bond motifs is 1. The number of hydrogen-bond acceptors (Lipinski definition) is 6. The molecule has 7 heteroatoms.